The van der Waals surface area contributed by atoms with Gasteiger partial charge in [-0.3, -0.25) is 0 Å². The summed E-state index contributed by atoms with van der Waals surface area (Å²) in [7, 11) is 1.87. The lowest BCUT2D eigenvalue weighted by molar-refractivity contribution is 0.0426. The van der Waals surface area contributed by atoms with Crippen LogP contribution in [0.1, 0.15) is 31.2 Å². The lowest BCUT2D eigenvalue weighted by atomic mass is 9.80. The molecule has 0 spiro atoms. The fourth-order valence-corrected chi connectivity index (χ4v) is 3.53. The molecule has 2 aliphatic rings. The molecule has 0 heterocycles. The molecule has 0 amide bonds. The third kappa shape index (κ3) is 1.26. The van der Waals surface area contributed by atoms with Crippen LogP contribution in [0, 0.1) is 5.92 Å². The molecular formula is C14H18O. The molecule has 0 bridgehead atoms. The van der Waals surface area contributed by atoms with Crippen molar-refractivity contribution in [3.63, 3.8) is 0 Å². The van der Waals surface area contributed by atoms with Gasteiger partial charge in [-0.2, -0.15) is 0 Å². The van der Waals surface area contributed by atoms with Crippen LogP contribution in [0.4, 0.5) is 0 Å². The number of benzene rings is 1. The number of hydrogen-bond acceptors (Lipinski definition) is 1. The van der Waals surface area contributed by atoms with Gasteiger partial charge in [0.2, 0.25) is 0 Å². The first-order valence-corrected chi connectivity index (χ1v) is 5.96. The summed E-state index contributed by atoms with van der Waals surface area (Å²) in [6, 6.07) is 11.0. The smallest absolute Gasteiger partial charge is 0.0670 e. The highest BCUT2D eigenvalue weighted by Gasteiger charge is 2.61. The normalized spacial score (nSPS) is 38.5. The predicted octanol–water partition coefficient (Wildman–Crippen LogP) is 3.14. The van der Waals surface area contributed by atoms with Gasteiger partial charge in [0.05, 0.1) is 6.10 Å². The Morgan fingerprint density at radius 1 is 1.20 bits per heavy atom. The number of fused-ring (bicyclic) bond motifs is 1. The highest BCUT2D eigenvalue weighted by atomic mass is 16.5. The van der Waals surface area contributed by atoms with Crippen molar-refractivity contribution >= 4 is 0 Å². The predicted molar refractivity (Wildman–Crippen MR) is 60.9 cm³/mol. The minimum absolute atomic E-state index is 0.383. The highest BCUT2D eigenvalue weighted by molar-refractivity contribution is 5.36. The Morgan fingerprint density at radius 2 is 2.00 bits per heavy atom. The quantitative estimate of drug-likeness (QED) is 0.716. The molecule has 1 aromatic carbocycles. The van der Waals surface area contributed by atoms with Crippen LogP contribution in [0.25, 0.3) is 0 Å². The maximum atomic E-state index is 5.70. The van der Waals surface area contributed by atoms with E-state index in [-0.39, 0.29) is 0 Å². The summed E-state index contributed by atoms with van der Waals surface area (Å²) in [6.07, 6.45) is 5.78. The fraction of sp³-hybridized carbons (Fsp3) is 0.571. The van der Waals surface area contributed by atoms with Crippen LogP contribution in [-0.4, -0.2) is 13.2 Å². The fourth-order valence-electron chi connectivity index (χ4n) is 3.53. The molecule has 80 valence electrons. The summed E-state index contributed by atoms with van der Waals surface area (Å²) >= 11 is 0. The van der Waals surface area contributed by atoms with E-state index in [1.807, 2.05) is 7.11 Å². The Kier molecular flexibility index (Phi) is 2.10. The van der Waals surface area contributed by atoms with Crippen LogP contribution in [0.15, 0.2) is 30.3 Å². The maximum Gasteiger partial charge on any atom is 0.0670 e. The highest BCUT2D eigenvalue weighted by Crippen LogP contribution is 2.62. The summed E-state index contributed by atoms with van der Waals surface area (Å²) in [5, 5.41) is 0. The molecule has 0 unspecified atom stereocenters. The second kappa shape index (κ2) is 3.34. The van der Waals surface area contributed by atoms with Gasteiger partial charge in [0.1, 0.15) is 0 Å². The topological polar surface area (TPSA) is 9.23 Å². The van der Waals surface area contributed by atoms with Crippen molar-refractivity contribution < 1.29 is 4.74 Å². The molecule has 0 aliphatic heterocycles. The lowest BCUT2D eigenvalue weighted by Crippen LogP contribution is -2.33. The van der Waals surface area contributed by atoms with Crippen molar-refractivity contribution in [3.8, 4) is 0 Å². The Bertz CT molecular complexity index is 346. The van der Waals surface area contributed by atoms with E-state index in [4.69, 9.17) is 4.74 Å². The average Bonchev–Trinajstić information content (AvgIpc) is 3.05. The molecule has 1 heteroatoms. The van der Waals surface area contributed by atoms with Crippen molar-refractivity contribution in [1.29, 1.82) is 0 Å². The average molecular weight is 202 g/mol. The molecular weight excluding hydrogens is 184 g/mol. The van der Waals surface area contributed by atoms with Gasteiger partial charge < -0.3 is 4.74 Å². The van der Waals surface area contributed by atoms with Crippen molar-refractivity contribution in [2.45, 2.75) is 37.2 Å². The summed E-state index contributed by atoms with van der Waals surface area (Å²) < 4.78 is 5.70. The molecule has 3 rings (SSSR count). The minimum Gasteiger partial charge on any atom is -0.381 e. The van der Waals surface area contributed by atoms with E-state index in [2.05, 4.69) is 30.3 Å². The van der Waals surface area contributed by atoms with Gasteiger partial charge in [-0.15, -0.1) is 0 Å². The molecule has 3 atom stereocenters. The largest absolute Gasteiger partial charge is 0.381 e. The summed E-state index contributed by atoms with van der Waals surface area (Å²) in [5.74, 6) is 0.888. The van der Waals surface area contributed by atoms with Crippen LogP contribution >= 0.6 is 0 Å². The monoisotopic (exact) mass is 202 g/mol. The van der Waals surface area contributed by atoms with E-state index in [0.29, 0.717) is 11.5 Å². The third-order valence-electron chi connectivity index (χ3n) is 4.34. The van der Waals surface area contributed by atoms with Crippen LogP contribution < -0.4 is 0 Å². The summed E-state index contributed by atoms with van der Waals surface area (Å²) in [6.45, 7) is 0. The zero-order valence-electron chi connectivity index (χ0n) is 9.28. The van der Waals surface area contributed by atoms with Crippen molar-refractivity contribution in [2.24, 2.45) is 5.92 Å². The van der Waals surface area contributed by atoms with E-state index in [1.165, 1.54) is 31.2 Å². The van der Waals surface area contributed by atoms with E-state index < -0.39 is 0 Å². The lowest BCUT2D eigenvalue weighted by Gasteiger charge is -2.31. The molecule has 0 saturated heterocycles. The Hall–Kier alpha value is -0.820. The number of hydrogen-bond donors (Lipinski definition) is 0. The van der Waals surface area contributed by atoms with Crippen LogP contribution in [0.3, 0.4) is 0 Å². The Labute approximate surface area is 91.5 Å². The van der Waals surface area contributed by atoms with Gasteiger partial charge in [0, 0.05) is 12.5 Å². The zero-order chi connectivity index (χ0) is 10.3. The van der Waals surface area contributed by atoms with Crippen molar-refractivity contribution in [3.05, 3.63) is 35.9 Å². The Morgan fingerprint density at radius 3 is 2.73 bits per heavy atom. The number of methoxy groups -OCH3 is 1. The van der Waals surface area contributed by atoms with Crippen LogP contribution in [0.2, 0.25) is 0 Å². The second-order valence-corrected chi connectivity index (χ2v) is 4.96. The molecule has 1 aromatic rings. The molecule has 2 fully saturated rings. The van der Waals surface area contributed by atoms with E-state index in [1.54, 1.807) is 0 Å². The minimum atomic E-state index is 0.383. The molecule has 1 nitrogen and oxygen atoms in total. The zero-order valence-corrected chi connectivity index (χ0v) is 9.28. The molecule has 0 N–H and O–H groups in total. The van der Waals surface area contributed by atoms with Gasteiger partial charge in [-0.05, 0) is 30.7 Å². The van der Waals surface area contributed by atoms with Crippen LogP contribution in [-0.2, 0) is 10.2 Å². The van der Waals surface area contributed by atoms with Crippen molar-refractivity contribution in [2.75, 3.05) is 7.11 Å². The SMILES string of the molecule is CO[C@@H]1CCC[C@@H]2C[C@@]21c1ccccc1. The standard InChI is InChI=1S/C14H18O/c1-15-13-9-5-8-12-10-14(12,13)11-6-3-2-4-7-11/h2-4,6-7,12-13H,5,8-10H2,1H3/t12-,13-,14-/m1/s1. The maximum absolute atomic E-state index is 5.70. The van der Waals surface area contributed by atoms with Gasteiger partial charge in [-0.1, -0.05) is 36.8 Å². The van der Waals surface area contributed by atoms with E-state index in [9.17, 15) is 0 Å². The first kappa shape index (κ1) is 9.41. The molecule has 15 heavy (non-hydrogen) atoms. The van der Waals surface area contributed by atoms with Crippen molar-refractivity contribution in [1.82, 2.24) is 0 Å². The molecule has 2 saturated carbocycles. The van der Waals surface area contributed by atoms with Gasteiger partial charge >= 0.3 is 0 Å². The first-order valence-electron chi connectivity index (χ1n) is 5.96. The second-order valence-electron chi connectivity index (χ2n) is 4.96. The summed E-state index contributed by atoms with van der Waals surface area (Å²) in [5.41, 5.74) is 1.88. The van der Waals surface area contributed by atoms with E-state index in [0.717, 1.165) is 5.92 Å². The number of rotatable bonds is 2. The summed E-state index contributed by atoms with van der Waals surface area (Å²) in [4.78, 5) is 0. The van der Waals surface area contributed by atoms with Gasteiger partial charge in [0.25, 0.3) is 0 Å². The van der Waals surface area contributed by atoms with Gasteiger partial charge in [0.15, 0.2) is 0 Å². The third-order valence-corrected chi connectivity index (χ3v) is 4.34. The Balaban J connectivity index is 1.96. The molecule has 0 radical (unpaired) electrons. The molecule has 0 aromatic heterocycles. The first-order chi connectivity index (χ1) is 7.38. The van der Waals surface area contributed by atoms with Crippen LogP contribution in [0.5, 0.6) is 0 Å². The van der Waals surface area contributed by atoms with Gasteiger partial charge in [-0.25, -0.2) is 0 Å². The molecule has 2 aliphatic carbocycles. The van der Waals surface area contributed by atoms with E-state index >= 15 is 0 Å². The number of ether oxygens (including phenoxy) is 1.